The summed E-state index contributed by atoms with van der Waals surface area (Å²) in [4.78, 5) is 28.4. The van der Waals surface area contributed by atoms with Gasteiger partial charge in [-0.1, -0.05) is 60.2 Å². The molecule has 0 saturated carbocycles. The smallest absolute Gasteiger partial charge is 0.246 e. The molecular formula is C29H33N3O3. The van der Waals surface area contributed by atoms with Crippen LogP contribution in [0.1, 0.15) is 36.0 Å². The molecule has 1 aliphatic rings. The van der Waals surface area contributed by atoms with Crippen molar-refractivity contribution in [3.05, 3.63) is 95.6 Å². The Morgan fingerprint density at radius 3 is 2.20 bits per heavy atom. The minimum absolute atomic E-state index is 0.0486. The molecule has 1 heterocycles. The molecule has 2 unspecified atom stereocenters. The summed E-state index contributed by atoms with van der Waals surface area (Å²) >= 11 is 0. The predicted octanol–water partition coefficient (Wildman–Crippen LogP) is 4.35. The summed E-state index contributed by atoms with van der Waals surface area (Å²) in [5.74, 6) is 1.34. The molecule has 6 heteroatoms. The van der Waals surface area contributed by atoms with E-state index in [9.17, 15) is 9.59 Å². The molecule has 35 heavy (non-hydrogen) atoms. The van der Waals surface area contributed by atoms with Gasteiger partial charge in [0.05, 0.1) is 0 Å². The van der Waals surface area contributed by atoms with Crippen molar-refractivity contribution in [3.8, 4) is 11.5 Å². The molecule has 3 N–H and O–H groups in total. The molecule has 0 aromatic heterocycles. The van der Waals surface area contributed by atoms with Gasteiger partial charge in [-0.2, -0.15) is 0 Å². The van der Waals surface area contributed by atoms with Crippen molar-refractivity contribution in [2.75, 3.05) is 6.54 Å². The molecular weight excluding hydrogens is 438 g/mol. The van der Waals surface area contributed by atoms with E-state index in [4.69, 9.17) is 10.5 Å². The van der Waals surface area contributed by atoms with Crippen LogP contribution in [0.25, 0.3) is 0 Å². The van der Waals surface area contributed by atoms with Gasteiger partial charge in [0.1, 0.15) is 23.6 Å². The maximum absolute atomic E-state index is 13.6. The summed E-state index contributed by atoms with van der Waals surface area (Å²) in [5, 5.41) is 2.98. The Balaban J connectivity index is 1.49. The van der Waals surface area contributed by atoms with Gasteiger partial charge in [0.15, 0.2) is 0 Å². The molecule has 2 atom stereocenters. The number of carbonyl (C=O) groups excluding carboxylic acids is 2. The molecule has 0 bridgehead atoms. The first kappa shape index (κ1) is 24.5. The van der Waals surface area contributed by atoms with E-state index < -0.39 is 12.1 Å². The molecule has 2 amide bonds. The quantitative estimate of drug-likeness (QED) is 0.431. The largest absolute Gasteiger partial charge is 0.457 e. The number of carbonyl (C=O) groups is 2. The Morgan fingerprint density at radius 1 is 0.857 bits per heavy atom. The zero-order valence-electron chi connectivity index (χ0n) is 20.2. The Kier molecular flexibility index (Phi) is 8.16. The van der Waals surface area contributed by atoms with E-state index in [-0.39, 0.29) is 11.8 Å². The maximum atomic E-state index is 13.6. The van der Waals surface area contributed by atoms with Crippen LogP contribution in [-0.2, 0) is 22.6 Å². The Bertz CT molecular complexity index is 1110. The highest BCUT2D eigenvalue weighted by molar-refractivity contribution is 5.97. The highest BCUT2D eigenvalue weighted by Gasteiger charge is 2.40. The van der Waals surface area contributed by atoms with E-state index >= 15 is 0 Å². The van der Waals surface area contributed by atoms with Crippen molar-refractivity contribution in [2.24, 2.45) is 5.73 Å². The molecule has 0 radical (unpaired) electrons. The molecule has 4 rings (SSSR count). The van der Waals surface area contributed by atoms with Gasteiger partial charge >= 0.3 is 0 Å². The lowest BCUT2D eigenvalue weighted by atomic mass is 9.96. The van der Waals surface area contributed by atoms with Crippen LogP contribution in [0.15, 0.2) is 78.9 Å². The topological polar surface area (TPSA) is 84.7 Å². The molecule has 1 aliphatic heterocycles. The van der Waals surface area contributed by atoms with E-state index in [0.29, 0.717) is 25.9 Å². The first-order chi connectivity index (χ1) is 17.0. The van der Waals surface area contributed by atoms with Crippen LogP contribution in [0.3, 0.4) is 0 Å². The third-order valence-electron chi connectivity index (χ3n) is 6.32. The van der Waals surface area contributed by atoms with Crippen LogP contribution < -0.4 is 15.8 Å². The van der Waals surface area contributed by atoms with Crippen molar-refractivity contribution < 1.29 is 14.3 Å². The summed E-state index contributed by atoms with van der Waals surface area (Å²) in [7, 11) is 0. The van der Waals surface area contributed by atoms with E-state index in [1.165, 1.54) is 0 Å². The molecule has 0 spiro atoms. The summed E-state index contributed by atoms with van der Waals surface area (Å²) in [6, 6.07) is 24.3. The number of hydrogen-bond acceptors (Lipinski definition) is 4. The summed E-state index contributed by atoms with van der Waals surface area (Å²) in [6.45, 7) is 2.97. The van der Waals surface area contributed by atoms with Crippen LogP contribution >= 0.6 is 0 Å². The van der Waals surface area contributed by atoms with Gasteiger partial charge in [-0.05, 0) is 68.1 Å². The molecule has 1 saturated heterocycles. The number of nitrogens with zero attached hydrogens (tertiary/aromatic N) is 1. The number of unbranched alkanes of at least 4 members (excludes halogenated alkanes) is 1. The van der Waals surface area contributed by atoms with Gasteiger partial charge in [0, 0.05) is 13.0 Å². The third kappa shape index (κ3) is 6.49. The minimum atomic E-state index is -0.573. The Labute approximate surface area is 207 Å². The first-order valence-corrected chi connectivity index (χ1v) is 12.2. The van der Waals surface area contributed by atoms with Crippen LogP contribution in [-0.4, -0.2) is 35.3 Å². The zero-order valence-corrected chi connectivity index (χ0v) is 20.2. The van der Waals surface area contributed by atoms with Crippen LogP contribution in [0.2, 0.25) is 0 Å². The number of nitrogens with two attached hydrogens (primary N) is 1. The SMILES string of the molecule is Cc1ccc(CC2NC(=O)C(CCCCN)N(Cc3ccc(Oc4ccccc4)cc3)C2=O)cc1. The molecule has 0 aliphatic carbocycles. The second-order valence-electron chi connectivity index (χ2n) is 9.08. The van der Waals surface area contributed by atoms with Gasteiger partial charge < -0.3 is 20.7 Å². The average molecular weight is 472 g/mol. The van der Waals surface area contributed by atoms with E-state index in [0.717, 1.165) is 41.0 Å². The van der Waals surface area contributed by atoms with Crippen molar-refractivity contribution >= 4 is 11.8 Å². The van der Waals surface area contributed by atoms with E-state index in [2.05, 4.69) is 5.32 Å². The lowest BCUT2D eigenvalue weighted by Gasteiger charge is -2.39. The number of hydrogen-bond donors (Lipinski definition) is 2. The number of aryl methyl sites for hydroxylation is 1. The lowest BCUT2D eigenvalue weighted by molar-refractivity contribution is -0.150. The number of nitrogens with one attached hydrogen (secondary N) is 1. The van der Waals surface area contributed by atoms with Crippen molar-refractivity contribution in [1.82, 2.24) is 10.2 Å². The monoisotopic (exact) mass is 471 g/mol. The Hall–Kier alpha value is -3.64. The minimum Gasteiger partial charge on any atom is -0.457 e. The molecule has 1 fully saturated rings. The van der Waals surface area contributed by atoms with Crippen molar-refractivity contribution in [3.63, 3.8) is 0 Å². The standard InChI is InChI=1S/C29H33N3O3/c1-21-10-12-22(13-11-21)19-26-29(34)32(27(28(33)31-26)9-5-6-18-30)20-23-14-16-25(17-15-23)35-24-7-3-2-4-8-24/h2-4,7-8,10-17,26-27H,5-6,9,18-20,30H2,1H3,(H,31,33). The summed E-state index contributed by atoms with van der Waals surface area (Å²) in [6.07, 6.45) is 2.69. The molecule has 3 aromatic carbocycles. The van der Waals surface area contributed by atoms with Crippen LogP contribution in [0, 0.1) is 6.92 Å². The fourth-order valence-electron chi connectivity index (χ4n) is 4.36. The zero-order chi connectivity index (χ0) is 24.6. The van der Waals surface area contributed by atoms with Gasteiger partial charge in [0.2, 0.25) is 11.8 Å². The number of para-hydroxylation sites is 1. The number of piperazine rings is 1. The molecule has 6 nitrogen and oxygen atoms in total. The third-order valence-corrected chi connectivity index (χ3v) is 6.32. The maximum Gasteiger partial charge on any atom is 0.246 e. The van der Waals surface area contributed by atoms with Crippen LogP contribution in [0.5, 0.6) is 11.5 Å². The summed E-state index contributed by atoms with van der Waals surface area (Å²) < 4.78 is 5.88. The number of ether oxygens (including phenoxy) is 1. The number of rotatable bonds is 10. The van der Waals surface area contributed by atoms with Crippen LogP contribution in [0.4, 0.5) is 0 Å². The van der Waals surface area contributed by atoms with Gasteiger partial charge in [0.25, 0.3) is 0 Å². The summed E-state index contributed by atoms with van der Waals surface area (Å²) in [5.41, 5.74) is 8.80. The molecule has 3 aromatic rings. The fourth-order valence-corrected chi connectivity index (χ4v) is 4.36. The highest BCUT2D eigenvalue weighted by atomic mass is 16.5. The van der Waals surface area contributed by atoms with Gasteiger partial charge in [-0.25, -0.2) is 0 Å². The number of benzene rings is 3. The number of amides is 2. The predicted molar refractivity (Wildman–Crippen MR) is 137 cm³/mol. The normalized spacial score (nSPS) is 17.8. The second-order valence-corrected chi connectivity index (χ2v) is 9.08. The van der Waals surface area contributed by atoms with E-state index in [1.54, 1.807) is 4.90 Å². The highest BCUT2D eigenvalue weighted by Crippen LogP contribution is 2.24. The Morgan fingerprint density at radius 2 is 1.51 bits per heavy atom. The van der Waals surface area contributed by atoms with Gasteiger partial charge in [-0.3, -0.25) is 9.59 Å². The van der Waals surface area contributed by atoms with Gasteiger partial charge in [-0.15, -0.1) is 0 Å². The average Bonchev–Trinajstić information content (AvgIpc) is 2.87. The van der Waals surface area contributed by atoms with Crippen molar-refractivity contribution in [2.45, 2.75) is 51.2 Å². The first-order valence-electron chi connectivity index (χ1n) is 12.2. The van der Waals surface area contributed by atoms with E-state index in [1.807, 2.05) is 85.8 Å². The fraction of sp³-hybridized carbons (Fsp3) is 0.310. The van der Waals surface area contributed by atoms with Crippen molar-refractivity contribution in [1.29, 1.82) is 0 Å². The lowest BCUT2D eigenvalue weighted by Crippen LogP contribution is -2.63. The molecule has 182 valence electrons. The second kappa shape index (κ2) is 11.7.